The minimum atomic E-state index is 0.651. The van der Waals surface area contributed by atoms with Crippen molar-refractivity contribution in [3.8, 4) is 0 Å². The fourth-order valence-electron chi connectivity index (χ4n) is 1.51. The zero-order valence-corrected chi connectivity index (χ0v) is 9.66. The maximum Gasteiger partial charge on any atom is 0.125 e. The highest BCUT2D eigenvalue weighted by molar-refractivity contribution is 5.35. The first-order valence-electron chi connectivity index (χ1n) is 5.62. The molecule has 1 atom stereocenters. The first-order chi connectivity index (χ1) is 7.26. The van der Waals surface area contributed by atoms with Crippen LogP contribution in [0.2, 0.25) is 0 Å². The Bertz CT molecular complexity index is 269. The smallest absolute Gasteiger partial charge is 0.125 e. The fourth-order valence-corrected chi connectivity index (χ4v) is 1.51. The van der Waals surface area contributed by atoms with Crippen molar-refractivity contribution >= 4 is 5.82 Å². The Morgan fingerprint density at radius 3 is 2.80 bits per heavy atom. The molecule has 0 saturated heterocycles. The lowest BCUT2D eigenvalue weighted by molar-refractivity contribution is 0.501. The molecule has 3 heteroatoms. The van der Waals surface area contributed by atoms with Crippen LogP contribution in [-0.4, -0.2) is 18.1 Å². The third-order valence-corrected chi connectivity index (χ3v) is 2.64. The summed E-state index contributed by atoms with van der Waals surface area (Å²) in [6.45, 7) is 5.97. The zero-order chi connectivity index (χ0) is 11.1. The van der Waals surface area contributed by atoms with E-state index < -0.39 is 0 Å². The Morgan fingerprint density at radius 2 is 2.27 bits per heavy atom. The van der Waals surface area contributed by atoms with Gasteiger partial charge in [-0.15, -0.1) is 0 Å². The first-order valence-corrected chi connectivity index (χ1v) is 5.62. The zero-order valence-electron chi connectivity index (χ0n) is 9.66. The van der Waals surface area contributed by atoms with Gasteiger partial charge < -0.3 is 11.1 Å². The predicted molar refractivity (Wildman–Crippen MR) is 64.9 cm³/mol. The summed E-state index contributed by atoms with van der Waals surface area (Å²) < 4.78 is 0. The third-order valence-electron chi connectivity index (χ3n) is 2.64. The second kappa shape index (κ2) is 6.40. The van der Waals surface area contributed by atoms with E-state index in [2.05, 4.69) is 23.3 Å². The minimum Gasteiger partial charge on any atom is -0.370 e. The maximum absolute atomic E-state index is 5.55. The van der Waals surface area contributed by atoms with Gasteiger partial charge in [0.1, 0.15) is 5.82 Å². The molecule has 15 heavy (non-hydrogen) atoms. The number of anilines is 1. The van der Waals surface area contributed by atoms with Crippen molar-refractivity contribution in [2.45, 2.75) is 26.7 Å². The summed E-state index contributed by atoms with van der Waals surface area (Å²) in [7, 11) is 0. The molecule has 0 aromatic carbocycles. The van der Waals surface area contributed by atoms with E-state index in [0.717, 1.165) is 31.7 Å². The first kappa shape index (κ1) is 12.0. The van der Waals surface area contributed by atoms with Crippen LogP contribution in [0.5, 0.6) is 0 Å². The standard InChI is InChI=1S/C12H21N3/c1-3-11(6-7-13)9-15-12-5-4-10(2)8-14-12/h4-5,8,11H,3,6-7,9,13H2,1-2H3,(H,14,15). The van der Waals surface area contributed by atoms with Gasteiger partial charge in [-0.3, -0.25) is 0 Å². The SMILES string of the molecule is CCC(CCN)CNc1ccc(C)cn1. The Hall–Kier alpha value is -1.09. The highest BCUT2D eigenvalue weighted by atomic mass is 15.0. The van der Waals surface area contributed by atoms with E-state index in [1.165, 1.54) is 5.56 Å². The van der Waals surface area contributed by atoms with Crippen LogP contribution in [0, 0.1) is 12.8 Å². The molecule has 0 aliphatic heterocycles. The van der Waals surface area contributed by atoms with Crippen LogP contribution in [0.3, 0.4) is 0 Å². The van der Waals surface area contributed by atoms with Gasteiger partial charge in [-0.2, -0.15) is 0 Å². The Labute approximate surface area is 92.1 Å². The normalized spacial score (nSPS) is 12.5. The van der Waals surface area contributed by atoms with Gasteiger partial charge in [0.25, 0.3) is 0 Å². The molecule has 3 N–H and O–H groups in total. The summed E-state index contributed by atoms with van der Waals surface area (Å²) in [4.78, 5) is 4.30. The lowest BCUT2D eigenvalue weighted by Crippen LogP contribution is -2.17. The van der Waals surface area contributed by atoms with Crippen molar-refractivity contribution in [2.75, 3.05) is 18.4 Å². The van der Waals surface area contributed by atoms with Crippen molar-refractivity contribution in [3.05, 3.63) is 23.9 Å². The molecule has 1 rings (SSSR count). The largest absolute Gasteiger partial charge is 0.370 e. The topological polar surface area (TPSA) is 50.9 Å². The second-order valence-corrected chi connectivity index (χ2v) is 3.95. The Balaban J connectivity index is 2.38. The van der Waals surface area contributed by atoms with Crippen molar-refractivity contribution < 1.29 is 0 Å². The fraction of sp³-hybridized carbons (Fsp3) is 0.583. The predicted octanol–water partition coefficient (Wildman–Crippen LogP) is 2.18. The van der Waals surface area contributed by atoms with Crippen LogP contribution in [0.1, 0.15) is 25.3 Å². The number of hydrogen-bond donors (Lipinski definition) is 2. The quantitative estimate of drug-likeness (QED) is 0.751. The van der Waals surface area contributed by atoms with Gasteiger partial charge in [0.2, 0.25) is 0 Å². The highest BCUT2D eigenvalue weighted by Gasteiger charge is 2.04. The van der Waals surface area contributed by atoms with Gasteiger partial charge >= 0.3 is 0 Å². The van der Waals surface area contributed by atoms with E-state index >= 15 is 0 Å². The van der Waals surface area contributed by atoms with Gasteiger partial charge in [-0.25, -0.2) is 4.98 Å². The average molecular weight is 207 g/mol. The monoisotopic (exact) mass is 207 g/mol. The van der Waals surface area contributed by atoms with Gasteiger partial charge in [-0.05, 0) is 37.4 Å². The molecular formula is C12H21N3. The number of aryl methyl sites for hydroxylation is 1. The minimum absolute atomic E-state index is 0.651. The number of nitrogens with two attached hydrogens (primary N) is 1. The van der Waals surface area contributed by atoms with Crippen molar-refractivity contribution in [1.82, 2.24) is 4.98 Å². The van der Waals surface area contributed by atoms with Gasteiger partial charge in [0, 0.05) is 12.7 Å². The number of pyridine rings is 1. The molecule has 0 aliphatic rings. The summed E-state index contributed by atoms with van der Waals surface area (Å²) in [5.41, 5.74) is 6.74. The van der Waals surface area contributed by atoms with Crippen LogP contribution in [-0.2, 0) is 0 Å². The summed E-state index contributed by atoms with van der Waals surface area (Å²) >= 11 is 0. The van der Waals surface area contributed by atoms with Gasteiger partial charge in [0.15, 0.2) is 0 Å². The molecule has 0 amide bonds. The van der Waals surface area contributed by atoms with Crippen LogP contribution < -0.4 is 11.1 Å². The van der Waals surface area contributed by atoms with Crippen molar-refractivity contribution in [3.63, 3.8) is 0 Å². The van der Waals surface area contributed by atoms with Gasteiger partial charge in [-0.1, -0.05) is 19.4 Å². The van der Waals surface area contributed by atoms with Gasteiger partial charge in [0.05, 0.1) is 0 Å². The molecule has 1 heterocycles. The Morgan fingerprint density at radius 1 is 1.47 bits per heavy atom. The molecule has 1 aromatic rings. The molecule has 0 saturated carbocycles. The van der Waals surface area contributed by atoms with E-state index in [4.69, 9.17) is 5.73 Å². The molecule has 0 fully saturated rings. The number of hydrogen-bond acceptors (Lipinski definition) is 3. The van der Waals surface area contributed by atoms with Crippen LogP contribution in [0.25, 0.3) is 0 Å². The van der Waals surface area contributed by atoms with E-state index in [9.17, 15) is 0 Å². The number of aromatic nitrogens is 1. The summed E-state index contributed by atoms with van der Waals surface area (Å²) in [5.74, 6) is 1.61. The van der Waals surface area contributed by atoms with Crippen molar-refractivity contribution in [2.24, 2.45) is 11.7 Å². The average Bonchev–Trinajstić information content (AvgIpc) is 2.26. The second-order valence-electron chi connectivity index (χ2n) is 3.95. The molecule has 0 bridgehead atoms. The number of nitrogens with zero attached hydrogens (tertiary/aromatic N) is 1. The van der Waals surface area contributed by atoms with Crippen LogP contribution in [0.15, 0.2) is 18.3 Å². The molecule has 0 aliphatic carbocycles. The van der Waals surface area contributed by atoms with Crippen LogP contribution in [0.4, 0.5) is 5.82 Å². The molecule has 0 spiro atoms. The summed E-state index contributed by atoms with van der Waals surface area (Å²) in [6, 6.07) is 4.09. The molecule has 0 radical (unpaired) electrons. The van der Waals surface area contributed by atoms with E-state index in [0.29, 0.717) is 5.92 Å². The molecule has 1 aromatic heterocycles. The van der Waals surface area contributed by atoms with E-state index in [-0.39, 0.29) is 0 Å². The van der Waals surface area contributed by atoms with Crippen LogP contribution >= 0.6 is 0 Å². The Kier molecular flexibility index (Phi) is 5.12. The van der Waals surface area contributed by atoms with E-state index in [1.54, 1.807) is 0 Å². The van der Waals surface area contributed by atoms with E-state index in [1.807, 2.05) is 19.2 Å². The maximum atomic E-state index is 5.55. The lowest BCUT2D eigenvalue weighted by Gasteiger charge is -2.14. The lowest BCUT2D eigenvalue weighted by atomic mass is 10.0. The molecule has 84 valence electrons. The molecule has 1 unspecified atom stereocenters. The summed E-state index contributed by atoms with van der Waals surface area (Å²) in [6.07, 6.45) is 4.12. The van der Waals surface area contributed by atoms with Crippen molar-refractivity contribution in [1.29, 1.82) is 0 Å². The highest BCUT2D eigenvalue weighted by Crippen LogP contribution is 2.09. The number of nitrogens with one attached hydrogen (secondary N) is 1. The third kappa shape index (κ3) is 4.30. The molecular weight excluding hydrogens is 186 g/mol. The summed E-state index contributed by atoms with van der Waals surface area (Å²) in [5, 5.41) is 3.34. The number of rotatable bonds is 6. The molecule has 3 nitrogen and oxygen atoms in total.